The van der Waals surface area contributed by atoms with E-state index < -0.39 is 0 Å². The number of carbonyl (C=O) groups is 1. The lowest BCUT2D eigenvalue weighted by Gasteiger charge is -2.33. The summed E-state index contributed by atoms with van der Waals surface area (Å²) >= 11 is 5.91. The van der Waals surface area contributed by atoms with Gasteiger partial charge < -0.3 is 9.32 Å². The topological polar surface area (TPSA) is 49.6 Å². The van der Waals surface area contributed by atoms with Crippen molar-refractivity contribution in [3.05, 3.63) is 40.7 Å². The molecule has 2 aromatic rings. The maximum Gasteiger partial charge on any atom is 0.226 e. The second kappa shape index (κ2) is 6.72. The number of nitrogens with zero attached hydrogens (tertiary/aromatic N) is 3. The van der Waals surface area contributed by atoms with E-state index in [-0.39, 0.29) is 5.91 Å². The van der Waals surface area contributed by atoms with Gasteiger partial charge in [-0.3, -0.25) is 9.69 Å². The molecule has 2 heterocycles. The number of piperazine rings is 1. The Morgan fingerprint density at radius 2 is 1.87 bits per heavy atom. The smallest absolute Gasteiger partial charge is 0.226 e. The van der Waals surface area contributed by atoms with Gasteiger partial charge in [0.2, 0.25) is 11.8 Å². The average molecular weight is 334 g/mol. The van der Waals surface area contributed by atoms with E-state index in [0.717, 1.165) is 49.7 Å². The van der Waals surface area contributed by atoms with Gasteiger partial charge in [0.15, 0.2) is 0 Å². The normalized spacial score (nSPS) is 15.9. The Hall–Kier alpha value is -1.85. The number of oxazole rings is 1. The van der Waals surface area contributed by atoms with Gasteiger partial charge in [0.1, 0.15) is 5.76 Å². The summed E-state index contributed by atoms with van der Waals surface area (Å²) in [4.78, 5) is 20.2. The van der Waals surface area contributed by atoms with Crippen LogP contribution in [0.25, 0.3) is 11.5 Å². The van der Waals surface area contributed by atoms with Crippen LogP contribution in [0.4, 0.5) is 0 Å². The van der Waals surface area contributed by atoms with Crippen molar-refractivity contribution < 1.29 is 9.21 Å². The van der Waals surface area contributed by atoms with Crippen molar-refractivity contribution in [2.45, 2.75) is 20.4 Å². The zero-order valence-corrected chi connectivity index (χ0v) is 14.1. The summed E-state index contributed by atoms with van der Waals surface area (Å²) in [5, 5.41) is 0.695. The molecule has 0 spiro atoms. The Labute approximate surface area is 140 Å². The van der Waals surface area contributed by atoms with E-state index in [1.165, 1.54) is 0 Å². The summed E-state index contributed by atoms with van der Waals surface area (Å²) in [7, 11) is 0. The highest BCUT2D eigenvalue weighted by molar-refractivity contribution is 6.30. The standard InChI is InChI=1S/C17H20ClN3O2/c1-12-16(11-20-7-9-21(10-8-20)13(2)22)19-17(23-12)14-3-5-15(18)6-4-14/h3-6H,7-11H2,1-2H3. The predicted molar refractivity (Wildman–Crippen MR) is 89.2 cm³/mol. The first kappa shape index (κ1) is 16.0. The fourth-order valence-corrected chi connectivity index (χ4v) is 2.85. The third-order valence-corrected chi connectivity index (χ3v) is 4.43. The molecular weight excluding hydrogens is 314 g/mol. The largest absolute Gasteiger partial charge is 0.441 e. The number of benzene rings is 1. The molecule has 1 aliphatic rings. The number of hydrogen-bond acceptors (Lipinski definition) is 4. The molecule has 1 amide bonds. The van der Waals surface area contributed by atoms with Gasteiger partial charge in [0, 0.05) is 50.2 Å². The molecule has 0 atom stereocenters. The van der Waals surface area contributed by atoms with Crippen LogP contribution in [0, 0.1) is 6.92 Å². The Kier molecular flexibility index (Phi) is 4.68. The van der Waals surface area contributed by atoms with E-state index in [1.54, 1.807) is 6.92 Å². The summed E-state index contributed by atoms with van der Waals surface area (Å²) in [6.07, 6.45) is 0. The predicted octanol–water partition coefficient (Wildman–Crippen LogP) is 2.97. The number of carbonyl (C=O) groups excluding carboxylic acids is 1. The molecule has 23 heavy (non-hydrogen) atoms. The quantitative estimate of drug-likeness (QED) is 0.866. The van der Waals surface area contributed by atoms with Crippen LogP contribution in [0.15, 0.2) is 28.7 Å². The highest BCUT2D eigenvalue weighted by atomic mass is 35.5. The number of rotatable bonds is 3. The van der Waals surface area contributed by atoms with Crippen LogP contribution in [-0.4, -0.2) is 46.9 Å². The molecule has 1 aliphatic heterocycles. The summed E-state index contributed by atoms with van der Waals surface area (Å²) in [6.45, 7) is 7.58. The lowest BCUT2D eigenvalue weighted by molar-refractivity contribution is -0.130. The average Bonchev–Trinajstić information content (AvgIpc) is 2.89. The van der Waals surface area contributed by atoms with Gasteiger partial charge in [-0.05, 0) is 31.2 Å². The zero-order valence-electron chi connectivity index (χ0n) is 13.4. The lowest BCUT2D eigenvalue weighted by Crippen LogP contribution is -2.47. The molecule has 0 aliphatic carbocycles. The van der Waals surface area contributed by atoms with Crippen LogP contribution in [0.3, 0.4) is 0 Å². The minimum Gasteiger partial charge on any atom is -0.441 e. The SMILES string of the molecule is CC(=O)N1CCN(Cc2nc(-c3ccc(Cl)cc3)oc2C)CC1. The van der Waals surface area contributed by atoms with Gasteiger partial charge in [0.05, 0.1) is 5.69 Å². The minimum absolute atomic E-state index is 0.146. The summed E-state index contributed by atoms with van der Waals surface area (Å²) in [5.74, 6) is 1.60. The first-order valence-corrected chi connectivity index (χ1v) is 8.11. The molecule has 1 aromatic heterocycles. The molecule has 0 unspecified atom stereocenters. The summed E-state index contributed by atoms with van der Waals surface area (Å²) in [6, 6.07) is 7.47. The minimum atomic E-state index is 0.146. The van der Waals surface area contributed by atoms with Crippen molar-refractivity contribution in [3.63, 3.8) is 0 Å². The third kappa shape index (κ3) is 3.74. The van der Waals surface area contributed by atoms with Gasteiger partial charge >= 0.3 is 0 Å². The fraction of sp³-hybridized carbons (Fsp3) is 0.412. The van der Waals surface area contributed by atoms with Crippen molar-refractivity contribution in [1.82, 2.24) is 14.8 Å². The summed E-state index contributed by atoms with van der Waals surface area (Å²) in [5.41, 5.74) is 1.87. The maximum absolute atomic E-state index is 11.4. The Morgan fingerprint density at radius 1 is 1.22 bits per heavy atom. The van der Waals surface area contributed by atoms with Gasteiger partial charge in [0.25, 0.3) is 0 Å². The Balaban J connectivity index is 1.67. The number of halogens is 1. The highest BCUT2D eigenvalue weighted by Gasteiger charge is 2.21. The fourth-order valence-electron chi connectivity index (χ4n) is 2.72. The third-order valence-electron chi connectivity index (χ3n) is 4.17. The zero-order chi connectivity index (χ0) is 16.4. The maximum atomic E-state index is 11.4. The van der Waals surface area contributed by atoms with E-state index in [0.29, 0.717) is 10.9 Å². The second-order valence-corrected chi connectivity index (χ2v) is 6.25. The first-order chi connectivity index (χ1) is 11.0. The number of amides is 1. The Morgan fingerprint density at radius 3 is 2.48 bits per heavy atom. The molecule has 3 rings (SSSR count). The number of aromatic nitrogens is 1. The lowest BCUT2D eigenvalue weighted by atomic mass is 10.2. The van der Waals surface area contributed by atoms with Gasteiger partial charge in [-0.25, -0.2) is 4.98 Å². The van der Waals surface area contributed by atoms with Gasteiger partial charge in [-0.15, -0.1) is 0 Å². The van der Waals surface area contributed by atoms with Crippen LogP contribution in [0.2, 0.25) is 5.02 Å². The number of hydrogen-bond donors (Lipinski definition) is 0. The van der Waals surface area contributed by atoms with Gasteiger partial charge in [-0.2, -0.15) is 0 Å². The molecule has 6 heteroatoms. The van der Waals surface area contributed by atoms with E-state index >= 15 is 0 Å². The molecule has 1 fully saturated rings. The molecule has 122 valence electrons. The van der Waals surface area contributed by atoms with Crippen molar-refractivity contribution in [1.29, 1.82) is 0 Å². The summed E-state index contributed by atoms with van der Waals surface area (Å²) < 4.78 is 5.80. The highest BCUT2D eigenvalue weighted by Crippen LogP contribution is 2.24. The Bertz CT molecular complexity index is 688. The molecule has 0 bridgehead atoms. The van der Waals surface area contributed by atoms with Crippen LogP contribution in [0.1, 0.15) is 18.4 Å². The molecule has 1 aromatic carbocycles. The van der Waals surface area contributed by atoms with Crippen LogP contribution < -0.4 is 0 Å². The monoisotopic (exact) mass is 333 g/mol. The van der Waals surface area contributed by atoms with Crippen LogP contribution in [0.5, 0.6) is 0 Å². The van der Waals surface area contributed by atoms with Gasteiger partial charge in [-0.1, -0.05) is 11.6 Å². The first-order valence-electron chi connectivity index (χ1n) is 7.73. The van der Waals surface area contributed by atoms with Crippen molar-refractivity contribution in [2.75, 3.05) is 26.2 Å². The van der Waals surface area contributed by atoms with Crippen LogP contribution in [-0.2, 0) is 11.3 Å². The number of aryl methyl sites for hydroxylation is 1. The van der Waals surface area contributed by atoms with Crippen molar-refractivity contribution in [3.8, 4) is 11.5 Å². The van der Waals surface area contributed by atoms with E-state index in [4.69, 9.17) is 16.0 Å². The second-order valence-electron chi connectivity index (χ2n) is 5.81. The molecular formula is C17H20ClN3O2. The van der Waals surface area contributed by atoms with E-state index in [2.05, 4.69) is 9.88 Å². The van der Waals surface area contributed by atoms with E-state index in [9.17, 15) is 4.79 Å². The molecule has 1 saturated heterocycles. The van der Waals surface area contributed by atoms with Crippen LogP contribution >= 0.6 is 11.6 Å². The van der Waals surface area contributed by atoms with Crippen molar-refractivity contribution >= 4 is 17.5 Å². The molecule has 0 saturated carbocycles. The molecule has 0 radical (unpaired) electrons. The molecule has 5 nitrogen and oxygen atoms in total. The van der Waals surface area contributed by atoms with E-state index in [1.807, 2.05) is 36.1 Å². The molecule has 0 N–H and O–H groups in total. The van der Waals surface area contributed by atoms with Crippen molar-refractivity contribution in [2.24, 2.45) is 0 Å².